The van der Waals surface area contributed by atoms with Gasteiger partial charge in [0, 0.05) is 16.7 Å². The van der Waals surface area contributed by atoms with Crippen molar-refractivity contribution in [3.8, 4) is 5.75 Å². The first-order valence-electron chi connectivity index (χ1n) is 8.14. The number of cyclic esters (lactones) is 1. The van der Waals surface area contributed by atoms with Crippen LogP contribution >= 0.6 is 10.7 Å². The highest BCUT2D eigenvalue weighted by Crippen LogP contribution is 2.40. The smallest absolute Gasteiger partial charge is 0.415 e. The lowest BCUT2D eigenvalue weighted by molar-refractivity contribution is 0.0482. The van der Waals surface area contributed by atoms with Crippen LogP contribution < -0.4 is 15.0 Å². The van der Waals surface area contributed by atoms with Crippen LogP contribution in [0.5, 0.6) is 5.75 Å². The summed E-state index contributed by atoms with van der Waals surface area (Å²) in [6, 6.07) is 3.50. The van der Waals surface area contributed by atoms with Gasteiger partial charge in [-0.05, 0) is 32.9 Å². The summed E-state index contributed by atoms with van der Waals surface area (Å²) in [5.74, 6) is 0.214. The molecule has 1 unspecified atom stereocenters. The predicted molar refractivity (Wildman–Crippen MR) is 95.7 cm³/mol. The third-order valence-electron chi connectivity index (χ3n) is 3.94. The number of hydrogen-bond acceptors (Lipinski definition) is 7. The molecule has 1 saturated heterocycles. The number of ether oxygens (including phenoxy) is 3. The number of fused-ring (bicyclic) bond motifs is 3. The molecule has 0 bridgehead atoms. The maximum atomic E-state index is 12.3. The molecule has 27 heavy (non-hydrogen) atoms. The number of rotatable bonds is 3. The Morgan fingerprint density at radius 3 is 2.74 bits per heavy atom. The van der Waals surface area contributed by atoms with E-state index in [1.807, 2.05) is 0 Å². The van der Waals surface area contributed by atoms with Gasteiger partial charge in [-0.3, -0.25) is 4.90 Å². The minimum atomic E-state index is -3.92. The van der Waals surface area contributed by atoms with Crippen LogP contribution in [0.1, 0.15) is 20.8 Å². The highest BCUT2D eigenvalue weighted by Gasteiger charge is 2.46. The van der Waals surface area contributed by atoms with Crippen molar-refractivity contribution >= 4 is 37.6 Å². The molecule has 1 fully saturated rings. The van der Waals surface area contributed by atoms with Crippen LogP contribution in [0.25, 0.3) is 0 Å². The molecule has 0 radical (unpaired) electrons. The minimum absolute atomic E-state index is 0.0503. The van der Waals surface area contributed by atoms with E-state index in [2.05, 4.69) is 5.32 Å². The normalized spacial score (nSPS) is 21.6. The molecule has 0 spiro atoms. The largest absolute Gasteiger partial charge is 0.489 e. The van der Waals surface area contributed by atoms with Crippen LogP contribution in [0, 0.1) is 0 Å². The predicted octanol–water partition coefficient (Wildman–Crippen LogP) is 2.23. The second-order valence-corrected chi connectivity index (χ2v) is 9.69. The standard InChI is InChI=1S/C16H19ClN2O7S/c1-16(2,3)26-14(20)18-7-13-11-8-24-12-6-9(27(17,22)23)4-5-10(12)19(11)15(21)25-13/h4-6,11,13H,7-8H2,1-3H3,(H,18,20)/t11-,13?/m0/s1. The number of nitrogens with one attached hydrogen (secondary N) is 1. The molecule has 0 saturated carbocycles. The molecule has 1 aromatic carbocycles. The van der Waals surface area contributed by atoms with Crippen molar-refractivity contribution in [2.45, 2.75) is 43.4 Å². The van der Waals surface area contributed by atoms with Crippen molar-refractivity contribution in [2.24, 2.45) is 0 Å². The summed E-state index contributed by atoms with van der Waals surface area (Å²) in [7, 11) is 1.42. The molecule has 1 N–H and O–H groups in total. The second kappa shape index (κ2) is 6.75. The van der Waals surface area contributed by atoms with Crippen molar-refractivity contribution in [3.05, 3.63) is 18.2 Å². The van der Waals surface area contributed by atoms with Gasteiger partial charge in [0.15, 0.2) is 0 Å². The van der Waals surface area contributed by atoms with Gasteiger partial charge in [-0.2, -0.15) is 0 Å². The fourth-order valence-electron chi connectivity index (χ4n) is 2.84. The Morgan fingerprint density at radius 1 is 1.41 bits per heavy atom. The quantitative estimate of drug-likeness (QED) is 0.749. The van der Waals surface area contributed by atoms with Crippen LogP contribution in [0.4, 0.5) is 15.3 Å². The van der Waals surface area contributed by atoms with E-state index in [0.29, 0.717) is 5.69 Å². The Hall–Kier alpha value is -2.20. The summed E-state index contributed by atoms with van der Waals surface area (Å²) in [5.41, 5.74) is -0.268. The minimum Gasteiger partial charge on any atom is -0.489 e. The Labute approximate surface area is 160 Å². The van der Waals surface area contributed by atoms with E-state index in [9.17, 15) is 18.0 Å². The molecular formula is C16H19ClN2O7S. The van der Waals surface area contributed by atoms with Gasteiger partial charge in [-0.25, -0.2) is 18.0 Å². The van der Waals surface area contributed by atoms with Crippen molar-refractivity contribution in [2.75, 3.05) is 18.1 Å². The highest BCUT2D eigenvalue weighted by molar-refractivity contribution is 8.13. The van der Waals surface area contributed by atoms with Gasteiger partial charge in [0.25, 0.3) is 9.05 Å². The van der Waals surface area contributed by atoms with E-state index in [0.717, 1.165) is 0 Å². The molecule has 2 aliphatic heterocycles. The maximum absolute atomic E-state index is 12.3. The zero-order chi connectivity index (χ0) is 20.0. The number of alkyl carbamates (subject to hydrolysis) is 1. The summed E-state index contributed by atoms with van der Waals surface area (Å²) in [4.78, 5) is 25.3. The number of anilines is 1. The van der Waals surface area contributed by atoms with E-state index in [1.165, 1.54) is 23.1 Å². The third kappa shape index (κ3) is 4.22. The summed E-state index contributed by atoms with van der Waals surface area (Å²) in [5, 5.41) is 2.57. The number of carbonyl (C=O) groups excluding carboxylic acids is 2. The first kappa shape index (κ1) is 19.6. The van der Waals surface area contributed by atoms with Gasteiger partial charge in [-0.15, -0.1) is 0 Å². The molecule has 2 atom stereocenters. The second-order valence-electron chi connectivity index (χ2n) is 7.12. The van der Waals surface area contributed by atoms with Crippen molar-refractivity contribution in [3.63, 3.8) is 0 Å². The van der Waals surface area contributed by atoms with Gasteiger partial charge in [0.05, 0.1) is 17.1 Å². The molecule has 2 amide bonds. The SMILES string of the molecule is CC(C)(C)OC(=O)NCC1OC(=O)N2c3ccc(S(=O)(=O)Cl)cc3OC[C@@H]12. The lowest BCUT2D eigenvalue weighted by atomic mass is 10.1. The third-order valence-corrected chi connectivity index (χ3v) is 5.29. The van der Waals surface area contributed by atoms with Gasteiger partial charge >= 0.3 is 12.2 Å². The fourth-order valence-corrected chi connectivity index (χ4v) is 3.60. The van der Waals surface area contributed by atoms with Crippen LogP contribution in [-0.2, 0) is 18.5 Å². The zero-order valence-corrected chi connectivity index (χ0v) is 16.5. The number of carbonyl (C=O) groups is 2. The molecule has 3 rings (SSSR count). The number of hydrogen-bond donors (Lipinski definition) is 1. The van der Waals surface area contributed by atoms with E-state index in [4.69, 9.17) is 24.9 Å². The summed E-state index contributed by atoms with van der Waals surface area (Å²) >= 11 is 0. The molecule has 2 aliphatic rings. The molecular weight excluding hydrogens is 400 g/mol. The number of amides is 2. The number of benzene rings is 1. The molecule has 0 aromatic heterocycles. The lowest BCUT2D eigenvalue weighted by Crippen LogP contribution is -2.48. The van der Waals surface area contributed by atoms with Crippen molar-refractivity contribution in [1.29, 1.82) is 0 Å². The van der Waals surface area contributed by atoms with E-state index >= 15 is 0 Å². The Kier molecular flexibility index (Phi) is 4.89. The highest BCUT2D eigenvalue weighted by atomic mass is 35.7. The van der Waals surface area contributed by atoms with E-state index < -0.39 is 39.0 Å². The molecule has 0 aliphatic carbocycles. The average Bonchev–Trinajstić information content (AvgIpc) is 2.86. The number of nitrogens with zero attached hydrogens (tertiary/aromatic N) is 1. The Balaban J connectivity index is 1.74. The molecule has 1 aromatic rings. The molecule has 148 valence electrons. The molecule has 11 heteroatoms. The van der Waals surface area contributed by atoms with Gasteiger partial charge in [-0.1, -0.05) is 0 Å². The zero-order valence-electron chi connectivity index (χ0n) is 14.9. The van der Waals surface area contributed by atoms with Gasteiger partial charge < -0.3 is 19.5 Å². The monoisotopic (exact) mass is 418 g/mol. The number of halogens is 1. The van der Waals surface area contributed by atoms with Crippen LogP contribution in [0.15, 0.2) is 23.1 Å². The maximum Gasteiger partial charge on any atom is 0.415 e. The molecule has 2 heterocycles. The summed E-state index contributed by atoms with van der Waals surface area (Å²) < 4.78 is 39.0. The fraction of sp³-hybridized carbons (Fsp3) is 0.500. The Morgan fingerprint density at radius 2 is 2.11 bits per heavy atom. The summed E-state index contributed by atoms with van der Waals surface area (Å²) in [6.45, 7) is 5.35. The Bertz CT molecular complexity index is 881. The van der Waals surface area contributed by atoms with Gasteiger partial charge in [0.1, 0.15) is 30.1 Å². The lowest BCUT2D eigenvalue weighted by Gasteiger charge is -2.31. The average molecular weight is 419 g/mol. The van der Waals surface area contributed by atoms with Crippen LogP contribution in [0.3, 0.4) is 0 Å². The summed E-state index contributed by atoms with van der Waals surface area (Å²) in [6.07, 6.45) is -1.87. The van der Waals surface area contributed by atoms with Crippen molar-refractivity contribution in [1.82, 2.24) is 5.32 Å². The molecule has 9 nitrogen and oxygen atoms in total. The van der Waals surface area contributed by atoms with Crippen LogP contribution in [-0.4, -0.2) is 51.5 Å². The van der Waals surface area contributed by atoms with E-state index in [1.54, 1.807) is 20.8 Å². The van der Waals surface area contributed by atoms with Crippen molar-refractivity contribution < 1.29 is 32.2 Å². The van der Waals surface area contributed by atoms with Crippen LogP contribution in [0.2, 0.25) is 0 Å². The first-order valence-corrected chi connectivity index (χ1v) is 10.4. The topological polar surface area (TPSA) is 111 Å². The van der Waals surface area contributed by atoms with Gasteiger partial charge in [0.2, 0.25) is 0 Å². The van der Waals surface area contributed by atoms with E-state index in [-0.39, 0.29) is 23.8 Å². The first-order chi connectivity index (χ1) is 12.5.